The van der Waals surface area contributed by atoms with Gasteiger partial charge in [0.2, 0.25) is 0 Å². The lowest BCUT2D eigenvalue weighted by atomic mass is 9.95. The van der Waals surface area contributed by atoms with E-state index in [-0.39, 0.29) is 22.0 Å². The molecule has 1 aromatic heterocycles. The Labute approximate surface area is 198 Å². The van der Waals surface area contributed by atoms with E-state index in [4.69, 9.17) is 4.74 Å². The van der Waals surface area contributed by atoms with Crippen LogP contribution in [-0.4, -0.2) is 28.4 Å². The summed E-state index contributed by atoms with van der Waals surface area (Å²) in [6.45, 7) is 2.38. The van der Waals surface area contributed by atoms with Gasteiger partial charge < -0.3 is 9.84 Å². The van der Waals surface area contributed by atoms with Gasteiger partial charge in [-0.25, -0.2) is 9.37 Å². The number of anilines is 1. The number of Topliss-reactive ketones (excluding diaryl/α,β-unsaturated/α-hetero) is 1. The van der Waals surface area contributed by atoms with Crippen molar-refractivity contribution < 1.29 is 23.8 Å². The van der Waals surface area contributed by atoms with Gasteiger partial charge in [-0.05, 0) is 31.2 Å². The molecule has 2 heterocycles. The second kappa shape index (κ2) is 8.72. The third-order valence-corrected chi connectivity index (χ3v) is 6.57. The fourth-order valence-corrected chi connectivity index (χ4v) is 5.05. The van der Waals surface area contributed by atoms with Crippen LogP contribution in [0.4, 0.5) is 9.52 Å². The van der Waals surface area contributed by atoms with Gasteiger partial charge in [-0.1, -0.05) is 59.9 Å². The van der Waals surface area contributed by atoms with Crippen LogP contribution in [-0.2, 0) is 9.59 Å². The summed E-state index contributed by atoms with van der Waals surface area (Å²) in [5.74, 6) is -2.09. The van der Waals surface area contributed by atoms with Crippen LogP contribution in [0.1, 0.15) is 24.1 Å². The van der Waals surface area contributed by atoms with Crippen LogP contribution in [0.2, 0.25) is 0 Å². The number of ketones is 1. The monoisotopic (exact) mass is 474 g/mol. The summed E-state index contributed by atoms with van der Waals surface area (Å²) in [6.07, 6.45) is 0. The molecule has 1 aliphatic heterocycles. The van der Waals surface area contributed by atoms with Crippen LogP contribution >= 0.6 is 11.3 Å². The molecule has 8 heteroatoms. The first-order valence-corrected chi connectivity index (χ1v) is 11.5. The zero-order valence-corrected chi connectivity index (χ0v) is 18.9. The molecule has 3 aromatic carbocycles. The molecule has 0 aliphatic carbocycles. The van der Waals surface area contributed by atoms with Crippen LogP contribution in [0.5, 0.6) is 5.75 Å². The third-order valence-electron chi connectivity index (χ3n) is 5.56. The van der Waals surface area contributed by atoms with Crippen LogP contribution in [0, 0.1) is 5.82 Å². The third kappa shape index (κ3) is 3.62. The summed E-state index contributed by atoms with van der Waals surface area (Å²) in [5.41, 5.74) is 0.872. The Morgan fingerprint density at radius 3 is 2.56 bits per heavy atom. The Bertz CT molecular complexity index is 1450. The van der Waals surface area contributed by atoms with Crippen molar-refractivity contribution in [2.75, 3.05) is 11.5 Å². The van der Waals surface area contributed by atoms with Crippen molar-refractivity contribution in [2.45, 2.75) is 13.0 Å². The van der Waals surface area contributed by atoms with Crippen LogP contribution in [0.15, 0.2) is 78.4 Å². The zero-order chi connectivity index (χ0) is 23.8. The smallest absolute Gasteiger partial charge is 0.301 e. The molecule has 1 atom stereocenters. The van der Waals surface area contributed by atoms with E-state index in [1.165, 1.54) is 34.4 Å². The van der Waals surface area contributed by atoms with Crippen molar-refractivity contribution in [3.8, 4) is 5.75 Å². The van der Waals surface area contributed by atoms with E-state index in [9.17, 15) is 19.1 Å². The number of halogens is 1. The number of carbonyl (C=O) groups is 2. The number of hydrogen-bond donors (Lipinski definition) is 1. The van der Waals surface area contributed by atoms with Gasteiger partial charge in [-0.3, -0.25) is 14.5 Å². The average molecular weight is 475 g/mol. The number of fused-ring (bicyclic) bond motifs is 1. The number of aliphatic hydroxyl groups excluding tert-OH is 1. The average Bonchev–Trinajstić information content (AvgIpc) is 3.37. The maximum Gasteiger partial charge on any atom is 0.301 e. The minimum absolute atomic E-state index is 0.0912. The van der Waals surface area contributed by atoms with E-state index in [1.54, 1.807) is 54.6 Å². The second-order valence-electron chi connectivity index (χ2n) is 7.62. The predicted molar refractivity (Wildman–Crippen MR) is 128 cm³/mol. The highest BCUT2D eigenvalue weighted by molar-refractivity contribution is 7.22. The first-order valence-electron chi connectivity index (χ1n) is 10.6. The Hall–Kier alpha value is -4.04. The fraction of sp³-hybridized carbons (Fsp3) is 0.115. The van der Waals surface area contributed by atoms with Gasteiger partial charge in [0.25, 0.3) is 5.78 Å². The van der Waals surface area contributed by atoms with Crippen LogP contribution < -0.4 is 9.64 Å². The number of hydrogen-bond acceptors (Lipinski definition) is 6. The quantitative estimate of drug-likeness (QED) is 0.236. The number of amides is 1. The number of benzene rings is 3. The van der Waals surface area contributed by atoms with Gasteiger partial charge >= 0.3 is 5.91 Å². The highest BCUT2D eigenvalue weighted by Crippen LogP contribution is 2.45. The lowest BCUT2D eigenvalue weighted by Gasteiger charge is -2.23. The van der Waals surface area contributed by atoms with E-state index in [1.807, 2.05) is 6.92 Å². The molecule has 6 nitrogen and oxygen atoms in total. The van der Waals surface area contributed by atoms with E-state index < -0.39 is 23.5 Å². The molecule has 170 valence electrons. The Morgan fingerprint density at radius 1 is 1.09 bits per heavy atom. The number of nitrogens with zero attached hydrogens (tertiary/aromatic N) is 2. The second-order valence-corrected chi connectivity index (χ2v) is 8.62. The number of ether oxygens (including phenoxy) is 1. The largest absolute Gasteiger partial charge is 0.507 e. The molecule has 1 N–H and O–H groups in total. The zero-order valence-electron chi connectivity index (χ0n) is 18.1. The maximum atomic E-state index is 15.0. The Morgan fingerprint density at radius 2 is 1.82 bits per heavy atom. The van der Waals surface area contributed by atoms with Crippen molar-refractivity contribution in [2.24, 2.45) is 0 Å². The van der Waals surface area contributed by atoms with Gasteiger partial charge in [0.15, 0.2) is 5.13 Å². The molecule has 1 aliphatic rings. The number of rotatable bonds is 5. The number of carbonyl (C=O) groups excluding carboxylic acids is 2. The molecular formula is C26H19FN2O4S. The summed E-state index contributed by atoms with van der Waals surface area (Å²) < 4.78 is 21.3. The molecule has 1 unspecified atom stereocenters. The van der Waals surface area contributed by atoms with Crippen LogP contribution in [0.3, 0.4) is 0 Å². The summed E-state index contributed by atoms with van der Waals surface area (Å²) in [5, 5.41) is 11.3. The predicted octanol–water partition coefficient (Wildman–Crippen LogP) is 5.46. The topological polar surface area (TPSA) is 79.7 Å². The van der Waals surface area contributed by atoms with Gasteiger partial charge in [-0.15, -0.1) is 0 Å². The van der Waals surface area contributed by atoms with Crippen LogP contribution in [0.25, 0.3) is 16.0 Å². The highest BCUT2D eigenvalue weighted by atomic mass is 32.1. The SMILES string of the molecule is CCOc1ccc2nc(N3C(=O)C(=O)/C(=C(/O)c4ccccc4)C3c3ccccc3F)sc2c1. The highest BCUT2D eigenvalue weighted by Gasteiger charge is 2.49. The van der Waals surface area contributed by atoms with Gasteiger partial charge in [0.05, 0.1) is 22.4 Å². The van der Waals surface area contributed by atoms with Gasteiger partial charge in [0.1, 0.15) is 23.4 Å². The lowest BCUT2D eigenvalue weighted by molar-refractivity contribution is -0.132. The minimum atomic E-state index is -1.17. The van der Waals surface area contributed by atoms with E-state index in [0.717, 1.165) is 4.70 Å². The lowest BCUT2D eigenvalue weighted by Crippen LogP contribution is -2.29. The minimum Gasteiger partial charge on any atom is -0.507 e. The maximum absolute atomic E-state index is 15.0. The van der Waals surface area contributed by atoms with Crippen molar-refractivity contribution in [3.63, 3.8) is 0 Å². The fourth-order valence-electron chi connectivity index (χ4n) is 4.02. The Kier molecular flexibility index (Phi) is 5.59. The standard InChI is InChI=1S/C26H19FN2O4S/c1-2-33-16-12-13-19-20(14-16)34-26(28-19)29-22(17-10-6-7-11-18(17)27)21(24(31)25(29)32)23(30)15-8-4-3-5-9-15/h3-14,22,30H,2H2,1H3/b23-21+. The van der Waals surface area contributed by atoms with Gasteiger partial charge in [-0.2, -0.15) is 0 Å². The molecule has 1 saturated heterocycles. The van der Waals surface area contributed by atoms with Crippen molar-refractivity contribution >= 4 is 44.1 Å². The normalized spacial score (nSPS) is 17.5. The molecule has 1 fully saturated rings. The molecule has 0 spiro atoms. The first-order chi connectivity index (χ1) is 16.5. The summed E-state index contributed by atoms with van der Waals surface area (Å²) in [4.78, 5) is 32.1. The van der Waals surface area contributed by atoms with Crippen molar-refractivity contribution in [3.05, 3.63) is 95.3 Å². The van der Waals surface area contributed by atoms with E-state index in [0.29, 0.717) is 23.4 Å². The molecule has 0 saturated carbocycles. The number of aromatic nitrogens is 1. The van der Waals surface area contributed by atoms with E-state index in [2.05, 4.69) is 4.98 Å². The molecule has 4 aromatic rings. The number of thiazole rings is 1. The molecule has 0 bridgehead atoms. The van der Waals surface area contributed by atoms with Gasteiger partial charge in [0, 0.05) is 11.1 Å². The number of aliphatic hydroxyl groups is 1. The first kappa shape index (κ1) is 21.8. The summed E-state index contributed by atoms with van der Waals surface area (Å²) in [6, 6.07) is 18.5. The molecule has 1 amide bonds. The van der Waals surface area contributed by atoms with Crippen molar-refractivity contribution in [1.82, 2.24) is 4.98 Å². The summed E-state index contributed by atoms with van der Waals surface area (Å²) in [7, 11) is 0. The molecule has 5 rings (SSSR count). The summed E-state index contributed by atoms with van der Waals surface area (Å²) >= 11 is 1.19. The molecule has 34 heavy (non-hydrogen) atoms. The molecular weight excluding hydrogens is 455 g/mol. The Balaban J connectivity index is 1.71. The van der Waals surface area contributed by atoms with Crippen molar-refractivity contribution in [1.29, 1.82) is 0 Å². The molecule has 0 radical (unpaired) electrons. The van der Waals surface area contributed by atoms with E-state index >= 15 is 0 Å².